The first-order chi connectivity index (χ1) is 7.74. The van der Waals surface area contributed by atoms with Crippen LogP contribution in [0.2, 0.25) is 5.02 Å². The lowest BCUT2D eigenvalue weighted by Crippen LogP contribution is -1.87. The molecular formula is C11H8ClN3O. The van der Waals surface area contributed by atoms with Crippen LogP contribution in [-0.4, -0.2) is 14.6 Å². The fraction of sp³-hybridized carbons (Fsp3) is 0.0909. The van der Waals surface area contributed by atoms with Crippen LogP contribution in [0.5, 0.6) is 0 Å². The summed E-state index contributed by atoms with van der Waals surface area (Å²) in [6, 6.07) is 7.32. The lowest BCUT2D eigenvalue weighted by atomic mass is 10.4. The summed E-state index contributed by atoms with van der Waals surface area (Å²) >= 11 is 5.87. The molecule has 80 valence electrons. The summed E-state index contributed by atoms with van der Waals surface area (Å²) < 4.78 is 7.35. The average molecular weight is 234 g/mol. The lowest BCUT2D eigenvalue weighted by molar-refractivity contribution is 0.543. The Bertz CT molecular complexity index is 656. The Labute approximate surface area is 96.5 Å². The maximum atomic E-state index is 5.87. The molecule has 0 spiro atoms. The van der Waals surface area contributed by atoms with E-state index in [-0.39, 0.29) is 0 Å². The molecule has 0 saturated heterocycles. The average Bonchev–Trinajstić information content (AvgIpc) is 2.83. The molecule has 0 aliphatic rings. The molecule has 0 aliphatic carbocycles. The van der Waals surface area contributed by atoms with Gasteiger partial charge >= 0.3 is 0 Å². The van der Waals surface area contributed by atoms with E-state index in [1.165, 1.54) is 0 Å². The molecule has 5 heteroatoms. The van der Waals surface area contributed by atoms with Crippen molar-refractivity contribution in [3.8, 4) is 11.6 Å². The largest absolute Gasteiger partial charge is 0.458 e. The molecule has 3 heterocycles. The molecule has 16 heavy (non-hydrogen) atoms. The van der Waals surface area contributed by atoms with Crippen LogP contribution in [0.3, 0.4) is 0 Å². The monoisotopic (exact) mass is 233 g/mol. The third-order valence-electron chi connectivity index (χ3n) is 2.33. The molecule has 0 bridgehead atoms. The van der Waals surface area contributed by atoms with Gasteiger partial charge in [-0.3, -0.25) is 4.40 Å². The van der Waals surface area contributed by atoms with E-state index in [1.54, 1.807) is 12.1 Å². The van der Waals surface area contributed by atoms with Crippen molar-refractivity contribution in [1.29, 1.82) is 0 Å². The summed E-state index contributed by atoms with van der Waals surface area (Å²) in [5.74, 6) is 2.23. The second-order valence-corrected chi connectivity index (χ2v) is 3.94. The smallest absolute Gasteiger partial charge is 0.204 e. The number of rotatable bonds is 1. The first-order valence-electron chi connectivity index (χ1n) is 4.81. The topological polar surface area (TPSA) is 43.3 Å². The molecule has 0 radical (unpaired) electrons. The maximum absolute atomic E-state index is 5.87. The zero-order chi connectivity index (χ0) is 11.1. The Morgan fingerprint density at radius 2 is 2.12 bits per heavy atom. The van der Waals surface area contributed by atoms with E-state index in [0.29, 0.717) is 22.3 Å². The van der Waals surface area contributed by atoms with E-state index in [9.17, 15) is 0 Å². The molecule has 0 fully saturated rings. The number of aromatic nitrogens is 3. The Morgan fingerprint density at radius 3 is 2.88 bits per heavy atom. The van der Waals surface area contributed by atoms with Crippen molar-refractivity contribution in [2.24, 2.45) is 0 Å². The van der Waals surface area contributed by atoms with Crippen LogP contribution < -0.4 is 0 Å². The van der Waals surface area contributed by atoms with Gasteiger partial charge in [0.15, 0.2) is 11.4 Å². The van der Waals surface area contributed by atoms with Crippen LogP contribution >= 0.6 is 11.6 Å². The second kappa shape index (κ2) is 3.35. The molecule has 0 aromatic carbocycles. The minimum atomic E-state index is 0.641. The van der Waals surface area contributed by atoms with Crippen LogP contribution in [0.25, 0.3) is 17.2 Å². The second-order valence-electron chi connectivity index (χ2n) is 3.51. The SMILES string of the molecule is Cc1ccc(-c2nnc3cc(Cl)ccn23)o1. The molecule has 0 N–H and O–H groups in total. The van der Waals surface area contributed by atoms with Crippen molar-refractivity contribution in [1.82, 2.24) is 14.6 Å². The summed E-state index contributed by atoms with van der Waals surface area (Å²) in [6.45, 7) is 1.89. The van der Waals surface area contributed by atoms with Crippen molar-refractivity contribution in [2.75, 3.05) is 0 Å². The molecule has 0 amide bonds. The van der Waals surface area contributed by atoms with Gasteiger partial charge < -0.3 is 4.42 Å². The van der Waals surface area contributed by atoms with Crippen LogP contribution in [0, 0.1) is 6.92 Å². The number of furan rings is 1. The molecule has 0 aliphatic heterocycles. The number of halogens is 1. The van der Waals surface area contributed by atoms with Crippen LogP contribution in [0.1, 0.15) is 5.76 Å². The van der Waals surface area contributed by atoms with Gasteiger partial charge in [-0.1, -0.05) is 11.6 Å². The number of pyridine rings is 1. The third-order valence-corrected chi connectivity index (χ3v) is 2.57. The number of hydrogen-bond acceptors (Lipinski definition) is 3. The Kier molecular flexibility index (Phi) is 1.97. The molecule has 0 atom stereocenters. The fourth-order valence-electron chi connectivity index (χ4n) is 1.59. The first-order valence-corrected chi connectivity index (χ1v) is 5.19. The van der Waals surface area contributed by atoms with Gasteiger partial charge in [0, 0.05) is 17.3 Å². The van der Waals surface area contributed by atoms with E-state index in [1.807, 2.05) is 29.7 Å². The van der Waals surface area contributed by atoms with Crippen LogP contribution in [0.15, 0.2) is 34.9 Å². The number of fused-ring (bicyclic) bond motifs is 1. The minimum Gasteiger partial charge on any atom is -0.458 e. The summed E-state index contributed by atoms with van der Waals surface area (Å²) in [5.41, 5.74) is 0.705. The van der Waals surface area contributed by atoms with E-state index in [0.717, 1.165) is 5.76 Å². The summed E-state index contributed by atoms with van der Waals surface area (Å²) in [6.07, 6.45) is 1.82. The van der Waals surface area contributed by atoms with Gasteiger partial charge in [0.2, 0.25) is 5.82 Å². The van der Waals surface area contributed by atoms with Crippen molar-refractivity contribution in [3.05, 3.63) is 41.2 Å². The van der Waals surface area contributed by atoms with E-state index in [4.69, 9.17) is 16.0 Å². The van der Waals surface area contributed by atoms with Crippen LogP contribution in [0.4, 0.5) is 0 Å². The van der Waals surface area contributed by atoms with Gasteiger partial charge in [-0.2, -0.15) is 0 Å². The highest BCUT2D eigenvalue weighted by Gasteiger charge is 2.11. The Balaban J connectivity index is 2.25. The lowest BCUT2D eigenvalue weighted by Gasteiger charge is -1.96. The van der Waals surface area contributed by atoms with Crippen LogP contribution in [-0.2, 0) is 0 Å². The van der Waals surface area contributed by atoms with E-state index < -0.39 is 0 Å². The van der Waals surface area contributed by atoms with Gasteiger partial charge in [-0.25, -0.2) is 0 Å². The fourth-order valence-corrected chi connectivity index (χ4v) is 1.74. The maximum Gasteiger partial charge on any atom is 0.204 e. The van der Waals surface area contributed by atoms with Gasteiger partial charge in [0.1, 0.15) is 5.76 Å². The molecule has 4 nitrogen and oxygen atoms in total. The molecule has 0 saturated carbocycles. The van der Waals surface area contributed by atoms with Gasteiger partial charge in [0.25, 0.3) is 0 Å². The molecule has 0 unspecified atom stereocenters. The highest BCUT2D eigenvalue weighted by molar-refractivity contribution is 6.30. The number of aryl methyl sites for hydroxylation is 1. The van der Waals surface area contributed by atoms with Crippen molar-refractivity contribution >= 4 is 17.2 Å². The van der Waals surface area contributed by atoms with E-state index in [2.05, 4.69) is 10.2 Å². The highest BCUT2D eigenvalue weighted by atomic mass is 35.5. The predicted molar refractivity (Wildman–Crippen MR) is 60.4 cm³/mol. The zero-order valence-electron chi connectivity index (χ0n) is 8.51. The van der Waals surface area contributed by atoms with E-state index >= 15 is 0 Å². The minimum absolute atomic E-state index is 0.641. The van der Waals surface area contributed by atoms with Gasteiger partial charge in [-0.05, 0) is 25.1 Å². The van der Waals surface area contributed by atoms with Gasteiger partial charge in [-0.15, -0.1) is 10.2 Å². The predicted octanol–water partition coefficient (Wildman–Crippen LogP) is 2.95. The first kappa shape index (κ1) is 9.42. The molecular weight excluding hydrogens is 226 g/mol. The van der Waals surface area contributed by atoms with Crippen molar-refractivity contribution in [3.63, 3.8) is 0 Å². The Hall–Kier alpha value is -1.81. The molecule has 3 rings (SSSR count). The standard InChI is InChI=1S/C11H8ClN3O/c1-7-2-3-9(16-7)11-14-13-10-6-8(12)4-5-15(10)11/h2-6H,1H3. The summed E-state index contributed by atoms with van der Waals surface area (Å²) in [5, 5.41) is 8.76. The molecule has 3 aromatic heterocycles. The third kappa shape index (κ3) is 1.39. The summed E-state index contributed by atoms with van der Waals surface area (Å²) in [7, 11) is 0. The quantitative estimate of drug-likeness (QED) is 0.649. The van der Waals surface area contributed by atoms with Gasteiger partial charge in [0.05, 0.1) is 0 Å². The Morgan fingerprint density at radius 1 is 1.25 bits per heavy atom. The zero-order valence-corrected chi connectivity index (χ0v) is 9.27. The van der Waals surface area contributed by atoms with Crippen molar-refractivity contribution in [2.45, 2.75) is 6.92 Å². The summed E-state index contributed by atoms with van der Waals surface area (Å²) in [4.78, 5) is 0. The normalized spacial score (nSPS) is 11.1. The number of nitrogens with zero attached hydrogens (tertiary/aromatic N) is 3. The molecule has 3 aromatic rings. The number of hydrogen-bond donors (Lipinski definition) is 0. The van der Waals surface area contributed by atoms with Crippen molar-refractivity contribution < 1.29 is 4.42 Å². The highest BCUT2D eigenvalue weighted by Crippen LogP contribution is 2.21.